The minimum Gasteiger partial charge on any atom is -0.341 e. The first-order valence-electron chi connectivity index (χ1n) is 10.4. The van der Waals surface area contributed by atoms with Gasteiger partial charge >= 0.3 is 0 Å². The zero-order valence-corrected chi connectivity index (χ0v) is 19.1. The summed E-state index contributed by atoms with van der Waals surface area (Å²) in [6, 6.07) is 16.2. The van der Waals surface area contributed by atoms with Crippen LogP contribution in [0.5, 0.6) is 0 Å². The largest absolute Gasteiger partial charge is 0.341 e. The number of rotatable bonds is 7. The Kier molecular flexibility index (Phi) is 7.42. The second kappa shape index (κ2) is 9.84. The highest BCUT2D eigenvalue weighted by Gasteiger charge is 2.35. The molecule has 1 atom stereocenters. The molecule has 1 aliphatic rings. The Morgan fingerprint density at radius 2 is 1.70 bits per heavy atom. The van der Waals surface area contributed by atoms with Crippen molar-refractivity contribution in [1.29, 1.82) is 0 Å². The van der Waals surface area contributed by atoms with E-state index < -0.39 is 16.1 Å². The predicted octanol–water partition coefficient (Wildman–Crippen LogP) is 4.37. The maximum absolute atomic E-state index is 13.3. The summed E-state index contributed by atoms with van der Waals surface area (Å²) in [7, 11) is -3.63. The molecule has 0 spiro atoms. The van der Waals surface area contributed by atoms with Crippen LogP contribution >= 0.6 is 11.6 Å². The maximum Gasteiger partial charge on any atom is 0.246 e. The van der Waals surface area contributed by atoms with Crippen molar-refractivity contribution < 1.29 is 13.2 Å². The monoisotopic (exact) mass is 448 g/mol. The SMILES string of the molecule is CC[C@@H](C(=O)N1CCC(Cc2ccccc2)CC1)N(c1ccc(Cl)cc1)S(C)(=O)=O. The molecule has 2 aromatic rings. The first kappa shape index (κ1) is 22.6. The molecule has 0 unspecified atom stereocenters. The topological polar surface area (TPSA) is 57.7 Å². The Balaban J connectivity index is 1.71. The molecule has 0 saturated carbocycles. The van der Waals surface area contributed by atoms with Gasteiger partial charge in [-0.15, -0.1) is 0 Å². The maximum atomic E-state index is 13.3. The Hall–Kier alpha value is -2.05. The van der Waals surface area contributed by atoms with Gasteiger partial charge in [0.25, 0.3) is 0 Å². The van der Waals surface area contributed by atoms with Gasteiger partial charge in [0.05, 0.1) is 11.9 Å². The summed E-state index contributed by atoms with van der Waals surface area (Å²) in [5.74, 6) is 0.412. The lowest BCUT2D eigenvalue weighted by atomic mass is 9.90. The summed E-state index contributed by atoms with van der Waals surface area (Å²) >= 11 is 5.96. The molecule has 162 valence electrons. The van der Waals surface area contributed by atoms with Crippen molar-refractivity contribution in [2.75, 3.05) is 23.7 Å². The first-order valence-corrected chi connectivity index (χ1v) is 12.6. The lowest BCUT2D eigenvalue weighted by molar-refractivity contribution is -0.133. The third-order valence-corrected chi connectivity index (χ3v) is 7.12. The van der Waals surface area contributed by atoms with Crippen molar-refractivity contribution in [2.24, 2.45) is 5.92 Å². The molecule has 1 saturated heterocycles. The molecule has 1 fully saturated rings. The van der Waals surface area contributed by atoms with Crippen LogP contribution in [-0.2, 0) is 21.2 Å². The molecular weight excluding hydrogens is 420 g/mol. The van der Waals surface area contributed by atoms with Gasteiger partial charge in [0, 0.05) is 18.1 Å². The van der Waals surface area contributed by atoms with Crippen molar-refractivity contribution in [1.82, 2.24) is 4.90 Å². The highest BCUT2D eigenvalue weighted by Crippen LogP contribution is 2.27. The molecule has 30 heavy (non-hydrogen) atoms. The van der Waals surface area contributed by atoms with Crippen LogP contribution in [0.1, 0.15) is 31.7 Å². The number of halogens is 1. The third kappa shape index (κ3) is 5.55. The fourth-order valence-corrected chi connectivity index (χ4v) is 5.48. The number of carbonyl (C=O) groups is 1. The Labute approximate surface area is 184 Å². The molecule has 0 N–H and O–H groups in total. The molecule has 0 radical (unpaired) electrons. The summed E-state index contributed by atoms with van der Waals surface area (Å²) in [4.78, 5) is 15.1. The summed E-state index contributed by atoms with van der Waals surface area (Å²) in [5, 5.41) is 0.520. The molecule has 3 rings (SSSR count). The van der Waals surface area contributed by atoms with Crippen molar-refractivity contribution >= 4 is 33.2 Å². The summed E-state index contributed by atoms with van der Waals surface area (Å²) in [6.07, 6.45) is 4.41. The fraction of sp³-hybridized carbons (Fsp3) is 0.435. The van der Waals surface area contributed by atoms with Gasteiger partial charge in [0.15, 0.2) is 0 Å². The van der Waals surface area contributed by atoms with E-state index in [1.807, 2.05) is 17.9 Å². The zero-order chi connectivity index (χ0) is 21.7. The summed E-state index contributed by atoms with van der Waals surface area (Å²) < 4.78 is 26.4. The van der Waals surface area contributed by atoms with Gasteiger partial charge in [-0.1, -0.05) is 48.9 Å². The molecule has 1 aliphatic heterocycles. The van der Waals surface area contributed by atoms with Crippen LogP contribution in [0.25, 0.3) is 0 Å². The van der Waals surface area contributed by atoms with Crippen LogP contribution in [0.4, 0.5) is 5.69 Å². The van der Waals surface area contributed by atoms with Crippen molar-refractivity contribution in [3.8, 4) is 0 Å². The number of nitrogens with zero attached hydrogens (tertiary/aromatic N) is 2. The van der Waals surface area contributed by atoms with Crippen LogP contribution < -0.4 is 4.31 Å². The highest BCUT2D eigenvalue weighted by molar-refractivity contribution is 7.92. The number of sulfonamides is 1. The van der Waals surface area contributed by atoms with Gasteiger partial charge in [-0.05, 0) is 61.4 Å². The number of carbonyl (C=O) groups excluding carboxylic acids is 1. The third-order valence-electron chi connectivity index (χ3n) is 5.69. The number of likely N-dealkylation sites (tertiary alicyclic amines) is 1. The molecule has 2 aromatic carbocycles. The van der Waals surface area contributed by atoms with Crippen LogP contribution in [0, 0.1) is 5.92 Å². The number of benzene rings is 2. The summed E-state index contributed by atoms with van der Waals surface area (Å²) in [6.45, 7) is 3.16. The smallest absolute Gasteiger partial charge is 0.246 e. The van der Waals surface area contributed by atoms with E-state index in [0.717, 1.165) is 25.5 Å². The van der Waals surface area contributed by atoms with Crippen LogP contribution in [0.15, 0.2) is 54.6 Å². The lowest BCUT2D eigenvalue weighted by Gasteiger charge is -2.37. The van der Waals surface area contributed by atoms with Gasteiger partial charge in [0.2, 0.25) is 15.9 Å². The molecule has 1 heterocycles. The molecule has 0 bridgehead atoms. The lowest BCUT2D eigenvalue weighted by Crippen LogP contribution is -2.52. The Morgan fingerprint density at radius 1 is 1.10 bits per heavy atom. The average molecular weight is 449 g/mol. The van der Waals surface area contributed by atoms with Crippen molar-refractivity contribution in [3.05, 3.63) is 65.2 Å². The van der Waals surface area contributed by atoms with Crippen molar-refractivity contribution in [2.45, 2.75) is 38.6 Å². The van der Waals surface area contributed by atoms with E-state index in [0.29, 0.717) is 36.1 Å². The average Bonchev–Trinajstić information content (AvgIpc) is 2.73. The molecule has 1 amide bonds. The van der Waals surface area contributed by atoms with Gasteiger partial charge in [0.1, 0.15) is 6.04 Å². The van der Waals surface area contributed by atoms with Crippen molar-refractivity contribution in [3.63, 3.8) is 0 Å². The molecule has 0 aliphatic carbocycles. The van der Waals surface area contributed by atoms with E-state index in [2.05, 4.69) is 24.3 Å². The fourth-order valence-electron chi connectivity index (χ4n) is 4.15. The van der Waals surface area contributed by atoms with Crippen LogP contribution in [0.2, 0.25) is 5.02 Å². The highest BCUT2D eigenvalue weighted by atomic mass is 35.5. The standard InChI is InChI=1S/C23H29ClN2O3S/c1-3-22(26(30(2,28)29)21-11-9-20(24)10-12-21)23(27)25-15-13-19(14-16-25)17-18-7-5-4-6-8-18/h4-12,19,22H,3,13-17H2,1-2H3/t22-/m0/s1. The van der Waals surface area contributed by atoms with Crippen LogP contribution in [0.3, 0.4) is 0 Å². The van der Waals surface area contributed by atoms with E-state index in [9.17, 15) is 13.2 Å². The van der Waals surface area contributed by atoms with E-state index in [4.69, 9.17) is 11.6 Å². The minimum absolute atomic E-state index is 0.129. The second-order valence-electron chi connectivity index (χ2n) is 7.92. The first-order chi connectivity index (χ1) is 14.3. The Morgan fingerprint density at radius 3 is 2.23 bits per heavy atom. The number of hydrogen-bond donors (Lipinski definition) is 0. The normalized spacial score (nSPS) is 16.3. The molecule has 7 heteroatoms. The van der Waals surface area contributed by atoms with E-state index in [1.54, 1.807) is 24.3 Å². The van der Waals surface area contributed by atoms with Crippen LogP contribution in [-0.4, -0.2) is 44.6 Å². The zero-order valence-electron chi connectivity index (χ0n) is 17.5. The number of piperidine rings is 1. The van der Waals surface area contributed by atoms with E-state index in [-0.39, 0.29) is 5.91 Å². The van der Waals surface area contributed by atoms with Gasteiger partial charge < -0.3 is 4.90 Å². The predicted molar refractivity (Wildman–Crippen MR) is 122 cm³/mol. The van der Waals surface area contributed by atoms with Gasteiger partial charge in [-0.2, -0.15) is 0 Å². The number of amides is 1. The molecule has 0 aromatic heterocycles. The van der Waals surface area contributed by atoms with E-state index in [1.165, 1.54) is 9.87 Å². The van der Waals surface area contributed by atoms with E-state index >= 15 is 0 Å². The molecule has 5 nitrogen and oxygen atoms in total. The number of anilines is 1. The summed E-state index contributed by atoms with van der Waals surface area (Å²) in [5.41, 5.74) is 1.78. The Bertz CT molecular complexity index is 940. The minimum atomic E-state index is -3.63. The number of hydrogen-bond acceptors (Lipinski definition) is 3. The van der Waals surface area contributed by atoms with Gasteiger partial charge in [-0.25, -0.2) is 8.42 Å². The molecular formula is C23H29ClN2O3S. The van der Waals surface area contributed by atoms with Gasteiger partial charge in [-0.3, -0.25) is 9.10 Å². The quantitative estimate of drug-likeness (QED) is 0.632. The second-order valence-corrected chi connectivity index (χ2v) is 10.2.